The SMILES string of the molecule is CCc1ccc(NC(=O)N2CC[C@@H](C(F)(F)F)C2(C)C)cc1S(N)(=O)=O. The zero-order chi connectivity index (χ0) is 19.9. The van der Waals surface area contributed by atoms with Gasteiger partial charge in [-0.05, 0) is 44.4 Å². The minimum Gasteiger partial charge on any atom is -0.319 e. The van der Waals surface area contributed by atoms with Gasteiger partial charge in [0, 0.05) is 12.2 Å². The monoisotopic (exact) mass is 393 g/mol. The van der Waals surface area contributed by atoms with E-state index in [-0.39, 0.29) is 23.5 Å². The molecule has 146 valence electrons. The Balaban J connectivity index is 2.26. The highest BCUT2D eigenvalue weighted by atomic mass is 32.2. The van der Waals surface area contributed by atoms with Gasteiger partial charge in [0.25, 0.3) is 0 Å². The number of aryl methyl sites for hydroxylation is 1. The van der Waals surface area contributed by atoms with E-state index >= 15 is 0 Å². The van der Waals surface area contributed by atoms with Crippen molar-refractivity contribution >= 4 is 21.7 Å². The number of rotatable bonds is 3. The predicted molar refractivity (Wildman–Crippen MR) is 91.2 cm³/mol. The Kier molecular flexibility index (Phi) is 5.31. The highest BCUT2D eigenvalue weighted by molar-refractivity contribution is 7.89. The number of primary sulfonamides is 1. The fraction of sp³-hybridized carbons (Fsp3) is 0.562. The molecule has 0 aromatic heterocycles. The first-order valence-electron chi connectivity index (χ1n) is 8.09. The van der Waals surface area contributed by atoms with Crippen molar-refractivity contribution in [1.29, 1.82) is 0 Å². The number of halogens is 3. The predicted octanol–water partition coefficient (Wildman–Crippen LogP) is 3.09. The van der Waals surface area contributed by atoms with E-state index in [2.05, 4.69) is 5.32 Å². The molecule has 0 unspecified atom stereocenters. The standard InChI is InChI=1S/C16H22F3N3O3S/c1-4-10-5-6-11(9-12(10)26(20,24)25)21-14(23)22-8-7-13(15(22,2)3)16(17,18)19/h5-6,9,13H,4,7-8H2,1-3H3,(H,21,23)(H2,20,24,25)/t13-/m1/s1. The molecule has 3 N–H and O–H groups in total. The molecule has 10 heteroatoms. The van der Waals surface area contributed by atoms with Crippen LogP contribution in [-0.2, 0) is 16.4 Å². The second-order valence-electron chi connectivity index (χ2n) is 6.84. The fourth-order valence-corrected chi connectivity index (χ4v) is 4.26. The van der Waals surface area contributed by atoms with E-state index in [0.717, 1.165) is 4.90 Å². The Morgan fingerprint density at radius 3 is 2.46 bits per heavy atom. The number of carbonyl (C=O) groups excluding carboxylic acids is 1. The average molecular weight is 393 g/mol. The quantitative estimate of drug-likeness (QED) is 0.827. The van der Waals surface area contributed by atoms with Crippen molar-refractivity contribution in [1.82, 2.24) is 4.90 Å². The number of alkyl halides is 3. The molecule has 6 nitrogen and oxygen atoms in total. The zero-order valence-corrected chi connectivity index (χ0v) is 15.5. The number of anilines is 1. The van der Waals surface area contributed by atoms with Crippen LogP contribution in [0.1, 0.15) is 32.8 Å². The van der Waals surface area contributed by atoms with Crippen LogP contribution in [0.25, 0.3) is 0 Å². The van der Waals surface area contributed by atoms with Crippen molar-refractivity contribution in [2.45, 2.75) is 50.2 Å². The van der Waals surface area contributed by atoms with Gasteiger partial charge >= 0.3 is 12.2 Å². The van der Waals surface area contributed by atoms with Gasteiger partial charge in [-0.1, -0.05) is 13.0 Å². The topological polar surface area (TPSA) is 92.5 Å². The fourth-order valence-electron chi connectivity index (χ4n) is 3.40. The first-order valence-corrected chi connectivity index (χ1v) is 9.64. The highest BCUT2D eigenvalue weighted by Gasteiger charge is 2.56. The maximum Gasteiger partial charge on any atom is 0.394 e. The molecule has 1 aromatic rings. The minimum absolute atomic E-state index is 0.0436. The van der Waals surface area contributed by atoms with Crippen molar-refractivity contribution in [3.05, 3.63) is 23.8 Å². The molecule has 26 heavy (non-hydrogen) atoms. The van der Waals surface area contributed by atoms with Crippen molar-refractivity contribution < 1.29 is 26.4 Å². The molecule has 0 aliphatic carbocycles. The average Bonchev–Trinajstić information content (AvgIpc) is 2.81. The van der Waals surface area contributed by atoms with E-state index in [9.17, 15) is 26.4 Å². The molecule has 2 amide bonds. The Morgan fingerprint density at radius 1 is 1.38 bits per heavy atom. The summed E-state index contributed by atoms with van der Waals surface area (Å²) in [4.78, 5) is 13.5. The summed E-state index contributed by atoms with van der Waals surface area (Å²) in [5.41, 5.74) is -0.763. The molecule has 2 rings (SSSR count). The maximum atomic E-state index is 13.1. The summed E-state index contributed by atoms with van der Waals surface area (Å²) in [6, 6.07) is 3.51. The van der Waals surface area contributed by atoms with Gasteiger partial charge in [0.15, 0.2) is 0 Å². The van der Waals surface area contributed by atoms with Crippen LogP contribution in [0.15, 0.2) is 23.1 Å². The zero-order valence-electron chi connectivity index (χ0n) is 14.7. The Bertz CT molecular complexity index is 807. The molecule has 1 heterocycles. The van der Waals surface area contributed by atoms with Gasteiger partial charge in [0.2, 0.25) is 10.0 Å². The number of benzene rings is 1. The van der Waals surface area contributed by atoms with Crippen LogP contribution in [-0.4, -0.2) is 37.6 Å². The molecular weight excluding hydrogens is 371 g/mol. The van der Waals surface area contributed by atoms with Crippen LogP contribution in [0.5, 0.6) is 0 Å². The van der Waals surface area contributed by atoms with E-state index in [1.165, 1.54) is 32.0 Å². The largest absolute Gasteiger partial charge is 0.394 e. The lowest BCUT2D eigenvalue weighted by Crippen LogP contribution is -2.51. The highest BCUT2D eigenvalue weighted by Crippen LogP contribution is 2.44. The smallest absolute Gasteiger partial charge is 0.319 e. The molecule has 0 bridgehead atoms. The van der Waals surface area contributed by atoms with E-state index in [0.29, 0.717) is 12.0 Å². The lowest BCUT2D eigenvalue weighted by molar-refractivity contribution is -0.189. The minimum atomic E-state index is -4.40. The molecule has 1 fully saturated rings. The van der Waals surface area contributed by atoms with Gasteiger partial charge in [-0.3, -0.25) is 0 Å². The second kappa shape index (κ2) is 6.73. The van der Waals surface area contributed by atoms with Gasteiger partial charge in [0.05, 0.1) is 16.4 Å². The van der Waals surface area contributed by atoms with Gasteiger partial charge in [-0.2, -0.15) is 13.2 Å². The summed E-state index contributed by atoms with van der Waals surface area (Å²) in [6.45, 7) is 4.45. The molecule has 0 radical (unpaired) electrons. The van der Waals surface area contributed by atoms with Crippen LogP contribution in [0, 0.1) is 5.92 Å². The van der Waals surface area contributed by atoms with Crippen LogP contribution in [0.2, 0.25) is 0 Å². The van der Waals surface area contributed by atoms with E-state index in [1.807, 2.05) is 0 Å². The Morgan fingerprint density at radius 2 is 2.00 bits per heavy atom. The Labute approximate surface area is 150 Å². The molecule has 0 spiro atoms. The van der Waals surface area contributed by atoms with Crippen molar-refractivity contribution in [2.75, 3.05) is 11.9 Å². The van der Waals surface area contributed by atoms with Gasteiger partial charge in [-0.15, -0.1) is 0 Å². The molecule has 1 atom stereocenters. The molecule has 1 aliphatic heterocycles. The third kappa shape index (κ3) is 3.96. The molecular formula is C16H22F3N3O3S. The van der Waals surface area contributed by atoms with E-state index < -0.39 is 33.7 Å². The summed E-state index contributed by atoms with van der Waals surface area (Å²) >= 11 is 0. The number of urea groups is 1. The van der Waals surface area contributed by atoms with Gasteiger partial charge in [-0.25, -0.2) is 18.4 Å². The summed E-state index contributed by atoms with van der Waals surface area (Å²) in [6.07, 6.45) is -4.16. The number of carbonyl (C=O) groups is 1. The van der Waals surface area contributed by atoms with Crippen molar-refractivity contribution in [3.8, 4) is 0 Å². The summed E-state index contributed by atoms with van der Waals surface area (Å²) in [5, 5.41) is 7.66. The number of nitrogens with zero attached hydrogens (tertiary/aromatic N) is 1. The summed E-state index contributed by atoms with van der Waals surface area (Å²) in [5.74, 6) is -1.62. The summed E-state index contributed by atoms with van der Waals surface area (Å²) < 4.78 is 62.8. The molecule has 1 saturated heterocycles. The van der Waals surface area contributed by atoms with E-state index in [1.54, 1.807) is 6.92 Å². The number of nitrogens with two attached hydrogens (primary N) is 1. The number of hydrogen-bond donors (Lipinski definition) is 2. The van der Waals surface area contributed by atoms with Crippen molar-refractivity contribution in [2.24, 2.45) is 11.1 Å². The number of amides is 2. The number of sulfonamides is 1. The summed E-state index contributed by atoms with van der Waals surface area (Å²) in [7, 11) is -3.99. The first-order chi connectivity index (χ1) is 11.8. The van der Waals surface area contributed by atoms with Gasteiger partial charge < -0.3 is 10.2 Å². The molecule has 1 aliphatic rings. The van der Waals surface area contributed by atoms with Gasteiger partial charge in [0.1, 0.15) is 0 Å². The third-order valence-electron chi connectivity index (χ3n) is 4.84. The van der Waals surface area contributed by atoms with Crippen LogP contribution in [0.3, 0.4) is 0 Å². The molecule has 1 aromatic carbocycles. The Hall–Kier alpha value is -1.81. The van der Waals surface area contributed by atoms with Crippen LogP contribution in [0.4, 0.5) is 23.7 Å². The van der Waals surface area contributed by atoms with Crippen molar-refractivity contribution in [3.63, 3.8) is 0 Å². The lowest BCUT2D eigenvalue weighted by atomic mass is 9.88. The molecule has 0 saturated carbocycles. The second-order valence-corrected chi connectivity index (χ2v) is 8.37. The van der Waals surface area contributed by atoms with Crippen LogP contribution >= 0.6 is 0 Å². The van der Waals surface area contributed by atoms with E-state index in [4.69, 9.17) is 5.14 Å². The first kappa shape index (κ1) is 20.5. The number of likely N-dealkylation sites (tertiary alicyclic amines) is 1. The lowest BCUT2D eigenvalue weighted by Gasteiger charge is -2.36. The number of hydrogen-bond acceptors (Lipinski definition) is 3. The van der Waals surface area contributed by atoms with Crippen LogP contribution < -0.4 is 10.5 Å². The number of nitrogens with one attached hydrogen (secondary N) is 1. The normalized spacial score (nSPS) is 20.3. The third-order valence-corrected chi connectivity index (χ3v) is 5.83. The maximum absolute atomic E-state index is 13.1.